The van der Waals surface area contributed by atoms with Gasteiger partial charge in [-0.15, -0.1) is 0 Å². The van der Waals surface area contributed by atoms with Gasteiger partial charge in [0.25, 0.3) is 5.78 Å². The summed E-state index contributed by atoms with van der Waals surface area (Å²) in [5.74, 6) is -0.0295. The summed E-state index contributed by atoms with van der Waals surface area (Å²) in [7, 11) is 1.54. The summed E-state index contributed by atoms with van der Waals surface area (Å²) in [6, 6.07) is 28.2. The number of hydrogen-bond donors (Lipinski definition) is 1. The summed E-state index contributed by atoms with van der Waals surface area (Å²) in [6.45, 7) is 2.76. The van der Waals surface area contributed by atoms with Crippen molar-refractivity contribution in [2.75, 3.05) is 18.6 Å². The van der Waals surface area contributed by atoms with Crippen LogP contribution in [-0.4, -0.2) is 35.5 Å². The molecule has 43 heavy (non-hydrogen) atoms. The molecule has 1 atom stereocenters. The normalized spacial score (nSPS) is 16.0. The van der Waals surface area contributed by atoms with Crippen molar-refractivity contribution in [1.29, 1.82) is 0 Å². The molecule has 6 rings (SSSR count). The maximum Gasteiger partial charge on any atom is 0.301 e. The molecule has 1 aliphatic rings. The maximum absolute atomic E-state index is 13.7. The Hall–Kier alpha value is -5.15. The molecule has 1 saturated heterocycles. The lowest BCUT2D eigenvalue weighted by atomic mass is 9.95. The minimum absolute atomic E-state index is 0.0374. The van der Waals surface area contributed by atoms with Crippen LogP contribution >= 0.6 is 11.3 Å². The van der Waals surface area contributed by atoms with Crippen LogP contribution in [0.15, 0.2) is 103 Å². The highest BCUT2D eigenvalue weighted by atomic mass is 32.1. The number of methoxy groups -OCH3 is 1. The lowest BCUT2D eigenvalue weighted by Gasteiger charge is -2.23. The van der Waals surface area contributed by atoms with Crippen molar-refractivity contribution in [3.05, 3.63) is 119 Å². The minimum atomic E-state index is -0.950. The van der Waals surface area contributed by atoms with Crippen LogP contribution in [0.3, 0.4) is 0 Å². The second-order valence-corrected chi connectivity index (χ2v) is 10.8. The molecule has 1 fully saturated rings. The Kier molecular flexibility index (Phi) is 7.81. The van der Waals surface area contributed by atoms with Crippen molar-refractivity contribution in [3.63, 3.8) is 0 Å². The molecule has 1 aromatic heterocycles. The number of rotatable bonds is 9. The van der Waals surface area contributed by atoms with Crippen molar-refractivity contribution >= 4 is 44.1 Å². The quantitative estimate of drug-likeness (QED) is 0.113. The summed E-state index contributed by atoms with van der Waals surface area (Å²) >= 11 is 1.27. The van der Waals surface area contributed by atoms with E-state index in [0.717, 1.165) is 10.3 Å². The molecule has 1 aliphatic heterocycles. The number of carbonyl (C=O) groups is 2. The van der Waals surface area contributed by atoms with E-state index in [9.17, 15) is 14.7 Å². The molecule has 216 valence electrons. The molecule has 9 heteroatoms. The summed E-state index contributed by atoms with van der Waals surface area (Å²) in [5.41, 5.74) is 2.60. The van der Waals surface area contributed by atoms with Gasteiger partial charge in [0.15, 0.2) is 5.13 Å². The molecule has 0 aliphatic carbocycles. The number of nitrogens with zero attached hydrogens (tertiary/aromatic N) is 2. The number of carbonyl (C=O) groups excluding carboxylic acids is 2. The van der Waals surface area contributed by atoms with Gasteiger partial charge in [-0.05, 0) is 72.6 Å². The number of ketones is 1. The van der Waals surface area contributed by atoms with Gasteiger partial charge in [0.05, 0.1) is 35.5 Å². The van der Waals surface area contributed by atoms with E-state index in [-0.39, 0.29) is 11.3 Å². The smallest absolute Gasteiger partial charge is 0.301 e. The van der Waals surface area contributed by atoms with Crippen LogP contribution in [0.2, 0.25) is 0 Å². The Morgan fingerprint density at radius 2 is 1.63 bits per heavy atom. The number of benzene rings is 4. The van der Waals surface area contributed by atoms with E-state index >= 15 is 0 Å². The van der Waals surface area contributed by atoms with E-state index in [1.807, 2.05) is 61.5 Å². The lowest BCUT2D eigenvalue weighted by molar-refractivity contribution is -0.132. The van der Waals surface area contributed by atoms with Crippen LogP contribution < -0.4 is 19.1 Å². The molecular weight excluding hydrogens is 564 g/mol. The third-order valence-corrected chi connectivity index (χ3v) is 8.11. The standard InChI is InChI=1S/C34H28N2O6S/c1-3-41-26-16-17-27-28(19-26)43-34(35-27)36-30(23-10-7-11-25(18-23)42-20-21-8-5-4-6-9-21)29(32(38)33(36)39)31(37)22-12-14-24(40-2)15-13-22/h4-19,30,37H,3,20H2,1-2H3/b31-29+. The fourth-order valence-corrected chi connectivity index (χ4v) is 6.04. The molecule has 0 spiro atoms. The van der Waals surface area contributed by atoms with Crippen LogP contribution in [0.1, 0.15) is 29.7 Å². The summed E-state index contributed by atoms with van der Waals surface area (Å²) in [6.07, 6.45) is 0. The highest BCUT2D eigenvalue weighted by Gasteiger charge is 2.48. The molecule has 1 N–H and O–H groups in total. The predicted molar refractivity (Wildman–Crippen MR) is 166 cm³/mol. The second kappa shape index (κ2) is 12.0. The molecule has 0 bridgehead atoms. The lowest BCUT2D eigenvalue weighted by Crippen LogP contribution is -2.29. The van der Waals surface area contributed by atoms with Gasteiger partial charge in [-0.2, -0.15) is 0 Å². The van der Waals surface area contributed by atoms with Crippen molar-refractivity contribution in [1.82, 2.24) is 4.98 Å². The van der Waals surface area contributed by atoms with Crippen LogP contribution in [0.4, 0.5) is 5.13 Å². The van der Waals surface area contributed by atoms with Crippen molar-refractivity contribution in [3.8, 4) is 17.2 Å². The average Bonchev–Trinajstić information content (AvgIpc) is 3.58. The zero-order valence-electron chi connectivity index (χ0n) is 23.5. The Bertz CT molecular complexity index is 1830. The molecular formula is C34H28N2O6S. The van der Waals surface area contributed by atoms with Gasteiger partial charge in [-0.1, -0.05) is 53.8 Å². The van der Waals surface area contributed by atoms with E-state index in [1.165, 1.54) is 16.2 Å². The van der Waals surface area contributed by atoms with Gasteiger partial charge < -0.3 is 19.3 Å². The first-order valence-electron chi connectivity index (χ1n) is 13.7. The third kappa shape index (κ3) is 5.54. The monoisotopic (exact) mass is 592 g/mol. The number of thiazole rings is 1. The van der Waals surface area contributed by atoms with E-state index in [0.29, 0.717) is 52.2 Å². The van der Waals surface area contributed by atoms with E-state index < -0.39 is 17.7 Å². The average molecular weight is 593 g/mol. The fourth-order valence-electron chi connectivity index (χ4n) is 5.02. The zero-order valence-corrected chi connectivity index (χ0v) is 24.3. The number of Topliss-reactive ketones (excluding diaryl/α,β-unsaturated/α-hetero) is 1. The first-order chi connectivity index (χ1) is 21.0. The van der Waals surface area contributed by atoms with Gasteiger partial charge in [0.1, 0.15) is 29.6 Å². The molecule has 1 unspecified atom stereocenters. The van der Waals surface area contributed by atoms with Gasteiger partial charge in [-0.3, -0.25) is 14.5 Å². The van der Waals surface area contributed by atoms with Crippen LogP contribution in [0.25, 0.3) is 16.0 Å². The van der Waals surface area contributed by atoms with Gasteiger partial charge in [0.2, 0.25) is 0 Å². The van der Waals surface area contributed by atoms with Crippen LogP contribution in [0.5, 0.6) is 17.2 Å². The summed E-state index contributed by atoms with van der Waals surface area (Å²) in [5, 5.41) is 11.8. The van der Waals surface area contributed by atoms with E-state index in [1.54, 1.807) is 49.6 Å². The number of fused-ring (bicyclic) bond motifs is 1. The molecule has 4 aromatic carbocycles. The minimum Gasteiger partial charge on any atom is -0.507 e. The number of hydrogen-bond acceptors (Lipinski definition) is 8. The Morgan fingerprint density at radius 1 is 0.884 bits per heavy atom. The number of ether oxygens (including phenoxy) is 3. The number of amides is 1. The van der Waals surface area contributed by atoms with Gasteiger partial charge in [-0.25, -0.2) is 4.98 Å². The van der Waals surface area contributed by atoms with Crippen LogP contribution in [-0.2, 0) is 16.2 Å². The third-order valence-electron chi connectivity index (χ3n) is 7.10. The molecule has 2 heterocycles. The number of aliphatic hydroxyl groups is 1. The SMILES string of the molecule is CCOc1ccc2nc(N3C(=O)C(=O)/C(=C(/O)c4ccc(OC)cc4)C3c3cccc(OCc4ccccc4)c3)sc2c1. The maximum atomic E-state index is 13.7. The molecule has 1 amide bonds. The second-order valence-electron chi connectivity index (χ2n) is 9.80. The van der Waals surface area contributed by atoms with E-state index in [4.69, 9.17) is 19.2 Å². The molecule has 8 nitrogen and oxygen atoms in total. The largest absolute Gasteiger partial charge is 0.507 e. The Balaban J connectivity index is 1.46. The number of anilines is 1. The summed E-state index contributed by atoms with van der Waals surface area (Å²) in [4.78, 5) is 33.4. The van der Waals surface area contributed by atoms with Gasteiger partial charge >= 0.3 is 5.91 Å². The Labute approximate surface area is 252 Å². The van der Waals surface area contributed by atoms with Crippen LogP contribution in [0, 0.1) is 0 Å². The zero-order chi connectivity index (χ0) is 29.9. The molecule has 0 saturated carbocycles. The Morgan fingerprint density at radius 3 is 2.37 bits per heavy atom. The summed E-state index contributed by atoms with van der Waals surface area (Å²) < 4.78 is 17.8. The molecule has 5 aromatic rings. The number of aromatic nitrogens is 1. The molecule has 0 radical (unpaired) electrons. The predicted octanol–water partition coefficient (Wildman–Crippen LogP) is 6.91. The highest BCUT2D eigenvalue weighted by Crippen LogP contribution is 2.45. The first-order valence-corrected chi connectivity index (χ1v) is 14.5. The fraction of sp³-hybridized carbons (Fsp3) is 0.147. The highest BCUT2D eigenvalue weighted by molar-refractivity contribution is 7.22. The topological polar surface area (TPSA) is 98.2 Å². The first kappa shape index (κ1) is 28.0. The number of aliphatic hydroxyl groups excluding tert-OH is 1. The van der Waals surface area contributed by atoms with Gasteiger partial charge in [0, 0.05) is 5.56 Å². The van der Waals surface area contributed by atoms with Crippen molar-refractivity contribution < 1.29 is 28.9 Å². The van der Waals surface area contributed by atoms with Crippen molar-refractivity contribution in [2.45, 2.75) is 19.6 Å². The van der Waals surface area contributed by atoms with Crippen molar-refractivity contribution in [2.24, 2.45) is 0 Å². The van der Waals surface area contributed by atoms with E-state index in [2.05, 4.69) is 0 Å².